The molecule has 3 aromatic rings. The van der Waals surface area contributed by atoms with Crippen molar-refractivity contribution in [1.29, 1.82) is 0 Å². The molecule has 0 spiro atoms. The molecular formula is C20H22N4O2S. The van der Waals surface area contributed by atoms with Crippen molar-refractivity contribution in [3.63, 3.8) is 0 Å². The number of carbonyl (C=O) groups is 1. The van der Waals surface area contributed by atoms with Crippen LogP contribution >= 0.6 is 11.8 Å². The van der Waals surface area contributed by atoms with Gasteiger partial charge in [0.05, 0.1) is 17.1 Å². The molecule has 2 heterocycles. The number of hydrogen-bond acceptors (Lipinski definition) is 5. The van der Waals surface area contributed by atoms with Crippen molar-refractivity contribution < 1.29 is 9.21 Å². The van der Waals surface area contributed by atoms with Gasteiger partial charge in [-0.2, -0.15) is 0 Å². The Bertz CT molecular complexity index is 961. The van der Waals surface area contributed by atoms with Gasteiger partial charge < -0.3 is 9.73 Å². The summed E-state index contributed by atoms with van der Waals surface area (Å²) in [7, 11) is 0. The second kappa shape index (κ2) is 8.26. The average molecular weight is 382 g/mol. The summed E-state index contributed by atoms with van der Waals surface area (Å²) < 4.78 is 7.32. The third kappa shape index (κ3) is 4.14. The van der Waals surface area contributed by atoms with Crippen LogP contribution in [0.5, 0.6) is 0 Å². The van der Waals surface area contributed by atoms with Gasteiger partial charge in [0, 0.05) is 12.2 Å². The number of aromatic nitrogens is 3. The zero-order valence-corrected chi connectivity index (χ0v) is 16.4. The van der Waals surface area contributed by atoms with Gasteiger partial charge in [-0.1, -0.05) is 36.0 Å². The van der Waals surface area contributed by atoms with E-state index in [0.717, 1.165) is 22.6 Å². The molecule has 1 amide bonds. The number of hydrogen-bond donors (Lipinski definition) is 1. The number of nitrogens with one attached hydrogen (secondary N) is 1. The van der Waals surface area contributed by atoms with E-state index in [-0.39, 0.29) is 11.2 Å². The number of carbonyl (C=O) groups excluding carboxylic acids is 1. The van der Waals surface area contributed by atoms with Gasteiger partial charge in [-0.3, -0.25) is 9.36 Å². The normalized spacial score (nSPS) is 12.0. The lowest BCUT2D eigenvalue weighted by molar-refractivity contribution is -0.115. The molecule has 1 N–H and O–H groups in total. The SMILES string of the molecule is C=CCn1c(SC(C)C(=O)Nc2ccccc2C)nnc1-c1ccoc1C. The number of para-hydroxylation sites is 1. The molecule has 0 bridgehead atoms. The van der Waals surface area contributed by atoms with Crippen LogP contribution in [0.25, 0.3) is 11.4 Å². The van der Waals surface area contributed by atoms with Crippen LogP contribution in [0.2, 0.25) is 0 Å². The van der Waals surface area contributed by atoms with E-state index in [4.69, 9.17) is 4.42 Å². The first-order valence-electron chi connectivity index (χ1n) is 8.63. The van der Waals surface area contributed by atoms with Gasteiger partial charge in [0.2, 0.25) is 5.91 Å². The molecule has 1 aromatic carbocycles. The highest BCUT2D eigenvalue weighted by molar-refractivity contribution is 8.00. The van der Waals surface area contributed by atoms with E-state index < -0.39 is 0 Å². The monoisotopic (exact) mass is 382 g/mol. The Hall–Kier alpha value is -2.80. The van der Waals surface area contributed by atoms with Gasteiger partial charge in [-0.05, 0) is 38.5 Å². The van der Waals surface area contributed by atoms with Gasteiger partial charge in [-0.15, -0.1) is 16.8 Å². The number of nitrogens with zero attached hydrogens (tertiary/aromatic N) is 3. The average Bonchev–Trinajstić information content (AvgIpc) is 3.23. The number of rotatable bonds is 7. The highest BCUT2D eigenvalue weighted by Gasteiger charge is 2.22. The van der Waals surface area contributed by atoms with Crippen LogP contribution in [-0.4, -0.2) is 25.9 Å². The molecule has 0 aliphatic heterocycles. The highest BCUT2D eigenvalue weighted by atomic mass is 32.2. The molecule has 27 heavy (non-hydrogen) atoms. The van der Waals surface area contributed by atoms with E-state index in [1.165, 1.54) is 11.8 Å². The van der Waals surface area contributed by atoms with E-state index in [1.807, 2.05) is 55.7 Å². The molecule has 1 atom stereocenters. The molecule has 6 nitrogen and oxygen atoms in total. The smallest absolute Gasteiger partial charge is 0.237 e. The fraction of sp³-hybridized carbons (Fsp3) is 0.250. The van der Waals surface area contributed by atoms with Crippen LogP contribution < -0.4 is 5.32 Å². The predicted octanol–water partition coefficient (Wildman–Crippen LogP) is 4.46. The zero-order chi connectivity index (χ0) is 19.4. The van der Waals surface area contributed by atoms with Crippen LogP contribution in [0, 0.1) is 13.8 Å². The van der Waals surface area contributed by atoms with Crippen molar-refractivity contribution in [2.45, 2.75) is 37.7 Å². The van der Waals surface area contributed by atoms with Crippen LogP contribution in [0.3, 0.4) is 0 Å². The first-order valence-corrected chi connectivity index (χ1v) is 9.51. The summed E-state index contributed by atoms with van der Waals surface area (Å²) in [5, 5.41) is 11.9. The zero-order valence-electron chi connectivity index (χ0n) is 15.6. The molecule has 0 fully saturated rings. The largest absolute Gasteiger partial charge is 0.469 e. The number of aryl methyl sites for hydroxylation is 2. The third-order valence-electron chi connectivity index (χ3n) is 4.18. The van der Waals surface area contributed by atoms with Crippen LogP contribution in [0.1, 0.15) is 18.2 Å². The van der Waals surface area contributed by atoms with E-state index >= 15 is 0 Å². The quantitative estimate of drug-likeness (QED) is 0.482. The molecule has 0 aliphatic rings. The van der Waals surface area contributed by atoms with Crippen molar-refractivity contribution in [1.82, 2.24) is 14.8 Å². The summed E-state index contributed by atoms with van der Waals surface area (Å²) in [6, 6.07) is 9.57. The maximum absolute atomic E-state index is 12.6. The second-order valence-corrected chi connectivity index (χ2v) is 7.47. The van der Waals surface area contributed by atoms with Crippen LogP contribution in [-0.2, 0) is 11.3 Å². The fourth-order valence-corrected chi connectivity index (χ4v) is 3.50. The number of furan rings is 1. The minimum Gasteiger partial charge on any atom is -0.469 e. The molecule has 0 radical (unpaired) electrons. The van der Waals surface area contributed by atoms with Gasteiger partial charge in [-0.25, -0.2) is 0 Å². The minimum atomic E-state index is -0.337. The Morgan fingerprint density at radius 1 is 1.33 bits per heavy atom. The molecule has 140 valence electrons. The Balaban J connectivity index is 1.79. The summed E-state index contributed by atoms with van der Waals surface area (Å²) in [4.78, 5) is 12.6. The fourth-order valence-electron chi connectivity index (χ4n) is 2.64. The molecular weight excluding hydrogens is 360 g/mol. The summed E-state index contributed by atoms with van der Waals surface area (Å²) in [5.41, 5.74) is 2.72. The van der Waals surface area contributed by atoms with Gasteiger partial charge in [0.25, 0.3) is 0 Å². The minimum absolute atomic E-state index is 0.0801. The first-order chi connectivity index (χ1) is 13.0. The molecule has 1 unspecified atom stereocenters. The molecule has 0 saturated carbocycles. The van der Waals surface area contributed by atoms with Gasteiger partial charge in [0.1, 0.15) is 5.76 Å². The first kappa shape index (κ1) is 19.0. The maximum Gasteiger partial charge on any atom is 0.237 e. The molecule has 7 heteroatoms. The van der Waals surface area contributed by atoms with Crippen molar-refractivity contribution in [3.8, 4) is 11.4 Å². The third-order valence-corrected chi connectivity index (χ3v) is 5.26. The number of amides is 1. The highest BCUT2D eigenvalue weighted by Crippen LogP contribution is 2.29. The lowest BCUT2D eigenvalue weighted by Gasteiger charge is -2.14. The Morgan fingerprint density at radius 3 is 2.78 bits per heavy atom. The van der Waals surface area contributed by atoms with Crippen molar-refractivity contribution in [2.24, 2.45) is 0 Å². The number of benzene rings is 1. The summed E-state index contributed by atoms with van der Waals surface area (Å²) in [6.07, 6.45) is 3.41. The van der Waals surface area contributed by atoms with Crippen molar-refractivity contribution in [3.05, 3.63) is 60.6 Å². The summed E-state index contributed by atoms with van der Waals surface area (Å²) in [5.74, 6) is 1.40. The Labute approximate surface area is 162 Å². The van der Waals surface area contributed by atoms with Crippen molar-refractivity contribution >= 4 is 23.4 Å². The number of anilines is 1. The van der Waals surface area contributed by atoms with Crippen LogP contribution in [0.4, 0.5) is 5.69 Å². The lowest BCUT2D eigenvalue weighted by Crippen LogP contribution is -2.23. The Morgan fingerprint density at radius 2 is 2.11 bits per heavy atom. The summed E-state index contributed by atoms with van der Waals surface area (Å²) >= 11 is 1.37. The maximum atomic E-state index is 12.6. The van der Waals surface area contributed by atoms with E-state index in [9.17, 15) is 4.79 Å². The van der Waals surface area contributed by atoms with Gasteiger partial charge >= 0.3 is 0 Å². The van der Waals surface area contributed by atoms with Crippen molar-refractivity contribution in [2.75, 3.05) is 5.32 Å². The van der Waals surface area contributed by atoms with Crippen LogP contribution in [0.15, 0.2) is 58.8 Å². The van der Waals surface area contributed by atoms with E-state index in [1.54, 1.807) is 12.3 Å². The van der Waals surface area contributed by atoms with Gasteiger partial charge in [0.15, 0.2) is 11.0 Å². The second-order valence-electron chi connectivity index (χ2n) is 6.16. The standard InChI is InChI=1S/C20H22N4O2S/c1-5-11-24-18(16-10-12-26-14(16)3)22-23-20(24)27-15(4)19(25)21-17-9-7-6-8-13(17)2/h5-10,12,15H,1,11H2,2-4H3,(H,21,25). The van der Waals surface area contributed by atoms with E-state index in [2.05, 4.69) is 22.1 Å². The molecule has 3 rings (SSSR count). The molecule has 0 saturated heterocycles. The molecule has 0 aliphatic carbocycles. The summed E-state index contributed by atoms with van der Waals surface area (Å²) in [6.45, 7) is 10.1. The molecule has 2 aromatic heterocycles. The number of allylic oxidation sites excluding steroid dienone is 1. The predicted molar refractivity (Wildman–Crippen MR) is 108 cm³/mol. The lowest BCUT2D eigenvalue weighted by atomic mass is 10.2. The van der Waals surface area contributed by atoms with E-state index in [0.29, 0.717) is 17.5 Å². The Kier molecular flexibility index (Phi) is 5.81. The topological polar surface area (TPSA) is 73.0 Å². The number of thioether (sulfide) groups is 1.